The minimum absolute atomic E-state index is 0.0901. The lowest BCUT2D eigenvalue weighted by molar-refractivity contribution is 0.367. The van der Waals surface area contributed by atoms with E-state index in [4.69, 9.17) is 4.74 Å². The molecule has 2 N–H and O–H groups in total. The summed E-state index contributed by atoms with van der Waals surface area (Å²) in [5.41, 5.74) is 3.04. The molecule has 7 heteroatoms. The lowest BCUT2D eigenvalue weighted by atomic mass is 10.2. The molecule has 0 aliphatic rings. The van der Waals surface area contributed by atoms with Crippen molar-refractivity contribution in [2.75, 3.05) is 12.4 Å². The molecule has 6 nitrogen and oxygen atoms in total. The third-order valence-electron chi connectivity index (χ3n) is 3.01. The number of rotatable bonds is 4. The zero-order valence-corrected chi connectivity index (χ0v) is 11.6. The monoisotopic (exact) mass is 287 g/mol. The Morgan fingerprint density at radius 1 is 1.33 bits per heavy atom. The van der Waals surface area contributed by atoms with Crippen molar-refractivity contribution >= 4 is 17.0 Å². The zero-order chi connectivity index (χ0) is 14.8. The van der Waals surface area contributed by atoms with Crippen LogP contribution in [0.3, 0.4) is 0 Å². The topological polar surface area (TPSA) is 75.7 Å². The normalized spacial score (nSPS) is 10.8. The average molecular weight is 287 g/mol. The second kappa shape index (κ2) is 5.35. The van der Waals surface area contributed by atoms with Crippen LogP contribution >= 0.6 is 0 Å². The largest absolute Gasteiger partial charge is 0.479 e. The number of aromatic nitrogens is 4. The van der Waals surface area contributed by atoms with E-state index in [-0.39, 0.29) is 11.8 Å². The number of fused-ring (bicyclic) bond motifs is 1. The molecule has 2 aromatic heterocycles. The minimum atomic E-state index is -0.595. The first kappa shape index (κ1) is 13.3. The van der Waals surface area contributed by atoms with Gasteiger partial charge < -0.3 is 15.0 Å². The number of anilines is 1. The van der Waals surface area contributed by atoms with Gasteiger partial charge in [0.25, 0.3) is 5.88 Å². The Kier molecular flexibility index (Phi) is 3.39. The van der Waals surface area contributed by atoms with Gasteiger partial charge in [-0.05, 0) is 24.6 Å². The Morgan fingerprint density at radius 3 is 3.00 bits per heavy atom. The number of imidazole rings is 1. The predicted octanol–water partition coefficient (Wildman–Crippen LogP) is 2.42. The summed E-state index contributed by atoms with van der Waals surface area (Å²) in [4.78, 5) is 15.4. The molecule has 0 radical (unpaired) electrons. The van der Waals surface area contributed by atoms with Crippen molar-refractivity contribution in [1.29, 1.82) is 0 Å². The van der Waals surface area contributed by atoms with Crippen LogP contribution in [0.5, 0.6) is 5.88 Å². The van der Waals surface area contributed by atoms with Crippen LogP contribution in [-0.2, 0) is 6.54 Å². The molecule has 0 spiro atoms. The van der Waals surface area contributed by atoms with E-state index in [1.807, 2.05) is 25.1 Å². The summed E-state index contributed by atoms with van der Waals surface area (Å²) in [7, 11) is 1.36. The van der Waals surface area contributed by atoms with Crippen LogP contribution in [0.1, 0.15) is 11.4 Å². The highest BCUT2D eigenvalue weighted by Gasteiger charge is 2.08. The summed E-state index contributed by atoms with van der Waals surface area (Å²) < 4.78 is 18.0. The number of halogens is 1. The van der Waals surface area contributed by atoms with Gasteiger partial charge in [-0.25, -0.2) is 9.97 Å². The summed E-state index contributed by atoms with van der Waals surface area (Å²) in [5, 5.41) is 2.98. The van der Waals surface area contributed by atoms with Gasteiger partial charge in [-0.3, -0.25) is 0 Å². The highest BCUT2D eigenvalue weighted by molar-refractivity contribution is 5.75. The molecule has 0 aliphatic carbocycles. The number of methoxy groups -OCH3 is 1. The summed E-state index contributed by atoms with van der Waals surface area (Å²) in [6, 6.07) is 6.00. The maximum absolute atomic E-state index is 13.2. The molecule has 0 bridgehead atoms. The first-order valence-electron chi connectivity index (χ1n) is 6.41. The molecular formula is C14H14FN5O. The number of benzene rings is 1. The van der Waals surface area contributed by atoms with E-state index in [9.17, 15) is 4.39 Å². The Morgan fingerprint density at radius 2 is 2.19 bits per heavy atom. The second-order valence-electron chi connectivity index (χ2n) is 4.61. The number of aromatic amines is 1. The van der Waals surface area contributed by atoms with E-state index >= 15 is 0 Å². The quantitative estimate of drug-likeness (QED) is 0.770. The predicted molar refractivity (Wildman–Crippen MR) is 76.7 cm³/mol. The van der Waals surface area contributed by atoms with E-state index in [0.717, 1.165) is 28.6 Å². The number of ether oxygens (including phenoxy) is 1. The standard InChI is InChI=1S/C14H14FN5O/c1-8-3-4-10-11(5-8)19-12(18-10)7-17-14-16-6-9(15)13(20-14)21-2/h3-6H,7H2,1-2H3,(H,18,19)(H,16,17,20). The molecular weight excluding hydrogens is 273 g/mol. The molecule has 2 heterocycles. The lowest BCUT2D eigenvalue weighted by Gasteiger charge is -2.04. The Bertz CT molecular complexity index is 786. The molecule has 0 fully saturated rings. The van der Waals surface area contributed by atoms with E-state index in [1.165, 1.54) is 7.11 Å². The Labute approximate surface area is 120 Å². The van der Waals surface area contributed by atoms with E-state index in [1.54, 1.807) is 0 Å². The minimum Gasteiger partial charge on any atom is -0.479 e. The maximum Gasteiger partial charge on any atom is 0.255 e. The molecule has 0 saturated heterocycles. The van der Waals surface area contributed by atoms with Crippen molar-refractivity contribution in [1.82, 2.24) is 19.9 Å². The number of nitrogens with one attached hydrogen (secondary N) is 2. The first-order valence-corrected chi connectivity index (χ1v) is 6.41. The Balaban J connectivity index is 1.76. The highest BCUT2D eigenvalue weighted by Crippen LogP contribution is 2.16. The zero-order valence-electron chi connectivity index (χ0n) is 11.6. The van der Waals surface area contributed by atoms with Gasteiger partial charge in [-0.15, -0.1) is 0 Å². The van der Waals surface area contributed by atoms with Crippen molar-refractivity contribution in [3.63, 3.8) is 0 Å². The van der Waals surface area contributed by atoms with Crippen LogP contribution < -0.4 is 10.1 Å². The Hall–Kier alpha value is -2.70. The summed E-state index contributed by atoms with van der Waals surface area (Å²) in [5.74, 6) is 0.349. The van der Waals surface area contributed by atoms with E-state index in [0.29, 0.717) is 6.54 Å². The molecule has 21 heavy (non-hydrogen) atoms. The second-order valence-corrected chi connectivity index (χ2v) is 4.61. The smallest absolute Gasteiger partial charge is 0.255 e. The summed E-state index contributed by atoms with van der Waals surface area (Å²) >= 11 is 0. The average Bonchev–Trinajstić information content (AvgIpc) is 2.88. The highest BCUT2D eigenvalue weighted by atomic mass is 19.1. The van der Waals surface area contributed by atoms with Gasteiger partial charge in [-0.2, -0.15) is 9.37 Å². The van der Waals surface area contributed by atoms with Crippen LogP contribution in [0.4, 0.5) is 10.3 Å². The van der Waals surface area contributed by atoms with Gasteiger partial charge in [0, 0.05) is 0 Å². The molecule has 0 amide bonds. The van der Waals surface area contributed by atoms with Gasteiger partial charge in [0.1, 0.15) is 5.82 Å². The number of hydrogen-bond donors (Lipinski definition) is 2. The van der Waals surface area contributed by atoms with Crippen LogP contribution in [0, 0.1) is 12.7 Å². The van der Waals surface area contributed by atoms with Gasteiger partial charge in [0.15, 0.2) is 0 Å². The fourth-order valence-electron chi connectivity index (χ4n) is 2.00. The third-order valence-corrected chi connectivity index (χ3v) is 3.01. The van der Waals surface area contributed by atoms with Crippen molar-refractivity contribution in [2.24, 2.45) is 0 Å². The SMILES string of the molecule is COc1nc(NCc2nc3ccc(C)cc3[nH]2)ncc1F. The van der Waals surface area contributed by atoms with Gasteiger partial charge >= 0.3 is 0 Å². The van der Waals surface area contributed by atoms with Gasteiger partial charge in [0.2, 0.25) is 11.8 Å². The first-order chi connectivity index (χ1) is 10.2. The van der Waals surface area contributed by atoms with E-state index in [2.05, 4.69) is 25.3 Å². The summed E-state index contributed by atoms with van der Waals surface area (Å²) in [6.45, 7) is 2.43. The molecule has 3 rings (SSSR count). The van der Waals surface area contributed by atoms with Gasteiger partial charge in [0.05, 0.1) is 30.9 Å². The van der Waals surface area contributed by atoms with Crippen molar-refractivity contribution in [3.8, 4) is 5.88 Å². The van der Waals surface area contributed by atoms with Crippen LogP contribution in [0.2, 0.25) is 0 Å². The fraction of sp³-hybridized carbons (Fsp3) is 0.214. The molecule has 0 atom stereocenters. The molecule has 0 unspecified atom stereocenters. The molecule has 0 aliphatic heterocycles. The van der Waals surface area contributed by atoms with Crippen LogP contribution in [0.25, 0.3) is 11.0 Å². The van der Waals surface area contributed by atoms with Crippen LogP contribution in [0.15, 0.2) is 24.4 Å². The number of hydrogen-bond acceptors (Lipinski definition) is 5. The summed E-state index contributed by atoms with van der Waals surface area (Å²) in [6.07, 6.45) is 1.07. The molecule has 1 aromatic carbocycles. The third kappa shape index (κ3) is 2.76. The van der Waals surface area contributed by atoms with E-state index < -0.39 is 5.82 Å². The number of nitrogens with zero attached hydrogens (tertiary/aromatic N) is 3. The number of aryl methyl sites for hydroxylation is 1. The molecule has 3 aromatic rings. The van der Waals surface area contributed by atoms with Gasteiger partial charge in [-0.1, -0.05) is 6.07 Å². The number of H-pyrrole nitrogens is 1. The lowest BCUT2D eigenvalue weighted by Crippen LogP contribution is -2.06. The maximum atomic E-state index is 13.2. The van der Waals surface area contributed by atoms with Crippen molar-refractivity contribution < 1.29 is 9.13 Å². The van der Waals surface area contributed by atoms with Crippen molar-refractivity contribution in [2.45, 2.75) is 13.5 Å². The molecule has 108 valence electrons. The van der Waals surface area contributed by atoms with Crippen molar-refractivity contribution in [3.05, 3.63) is 41.6 Å². The molecule has 0 saturated carbocycles. The van der Waals surface area contributed by atoms with Crippen LogP contribution in [-0.4, -0.2) is 27.0 Å². The fourth-order valence-corrected chi connectivity index (χ4v) is 2.00.